The largest absolute Gasteiger partial charge is 0.198 e. The van der Waals surface area contributed by atoms with E-state index in [4.69, 9.17) is 5.26 Å². The maximum atomic E-state index is 8.91. The van der Waals surface area contributed by atoms with Gasteiger partial charge in [-0.1, -0.05) is 6.42 Å². The topological polar surface area (TPSA) is 23.8 Å². The summed E-state index contributed by atoms with van der Waals surface area (Å²) < 4.78 is 0. The SMILES string of the molecule is N#CCC12CCC(C1)C1CCCC12. The van der Waals surface area contributed by atoms with Gasteiger partial charge in [0.25, 0.3) is 0 Å². The van der Waals surface area contributed by atoms with E-state index in [9.17, 15) is 0 Å². The fourth-order valence-corrected chi connectivity index (χ4v) is 4.66. The minimum Gasteiger partial charge on any atom is -0.198 e. The van der Waals surface area contributed by atoms with E-state index in [-0.39, 0.29) is 0 Å². The Morgan fingerprint density at radius 1 is 1.31 bits per heavy atom. The summed E-state index contributed by atoms with van der Waals surface area (Å²) in [5.74, 6) is 2.99. The molecule has 2 bridgehead atoms. The number of rotatable bonds is 1. The molecule has 3 rings (SSSR count). The maximum Gasteiger partial charge on any atom is 0.0627 e. The molecule has 3 aliphatic carbocycles. The van der Waals surface area contributed by atoms with Crippen LogP contribution in [0.5, 0.6) is 0 Å². The second-order valence-corrected chi connectivity index (χ2v) is 5.40. The van der Waals surface area contributed by atoms with E-state index >= 15 is 0 Å². The Bertz CT molecular complexity index is 265. The van der Waals surface area contributed by atoms with Crippen molar-refractivity contribution in [1.29, 1.82) is 5.26 Å². The summed E-state index contributed by atoms with van der Waals surface area (Å²) in [6, 6.07) is 2.44. The first-order valence-electron chi connectivity index (χ1n) is 5.73. The van der Waals surface area contributed by atoms with Crippen LogP contribution in [0.4, 0.5) is 0 Å². The Labute approximate surface area is 80.1 Å². The molecule has 0 spiro atoms. The van der Waals surface area contributed by atoms with Crippen molar-refractivity contribution in [2.24, 2.45) is 23.2 Å². The fourth-order valence-electron chi connectivity index (χ4n) is 4.66. The third kappa shape index (κ3) is 0.870. The van der Waals surface area contributed by atoms with E-state index in [1.54, 1.807) is 0 Å². The highest BCUT2D eigenvalue weighted by Gasteiger charge is 2.58. The lowest BCUT2D eigenvalue weighted by Crippen LogP contribution is -2.27. The number of hydrogen-bond acceptors (Lipinski definition) is 1. The lowest BCUT2D eigenvalue weighted by Gasteiger charge is -2.34. The third-order valence-corrected chi connectivity index (χ3v) is 5.07. The summed E-state index contributed by atoms with van der Waals surface area (Å²) in [7, 11) is 0. The Kier molecular flexibility index (Phi) is 1.51. The molecule has 0 radical (unpaired) electrons. The van der Waals surface area contributed by atoms with Crippen molar-refractivity contribution >= 4 is 0 Å². The second-order valence-electron chi connectivity index (χ2n) is 5.40. The van der Waals surface area contributed by atoms with Crippen molar-refractivity contribution in [2.45, 2.75) is 44.9 Å². The molecule has 1 heteroatoms. The van der Waals surface area contributed by atoms with Crippen LogP contribution in [-0.4, -0.2) is 0 Å². The maximum absolute atomic E-state index is 8.91. The molecule has 4 unspecified atom stereocenters. The van der Waals surface area contributed by atoms with Crippen molar-refractivity contribution < 1.29 is 0 Å². The van der Waals surface area contributed by atoms with E-state index in [1.165, 1.54) is 38.5 Å². The zero-order chi connectivity index (χ0) is 8.89. The monoisotopic (exact) mass is 175 g/mol. The van der Waals surface area contributed by atoms with E-state index < -0.39 is 0 Å². The van der Waals surface area contributed by atoms with Crippen LogP contribution in [0, 0.1) is 34.5 Å². The van der Waals surface area contributed by atoms with Crippen LogP contribution in [0.1, 0.15) is 44.9 Å². The molecular formula is C12H17N. The zero-order valence-electron chi connectivity index (χ0n) is 8.13. The highest BCUT2D eigenvalue weighted by molar-refractivity contribution is 5.10. The highest BCUT2D eigenvalue weighted by Crippen LogP contribution is 2.66. The molecule has 0 amide bonds. The van der Waals surface area contributed by atoms with Gasteiger partial charge in [-0.25, -0.2) is 0 Å². The van der Waals surface area contributed by atoms with Gasteiger partial charge >= 0.3 is 0 Å². The van der Waals surface area contributed by atoms with Gasteiger partial charge in [-0.15, -0.1) is 0 Å². The fraction of sp³-hybridized carbons (Fsp3) is 0.917. The summed E-state index contributed by atoms with van der Waals surface area (Å²) in [4.78, 5) is 0. The molecule has 0 aliphatic heterocycles. The standard InChI is InChI=1S/C12H17N/c13-7-6-12-5-4-9(8-12)10-2-1-3-11(10)12/h9-11H,1-6,8H2. The quantitative estimate of drug-likeness (QED) is 0.600. The van der Waals surface area contributed by atoms with E-state index in [0.29, 0.717) is 5.41 Å². The van der Waals surface area contributed by atoms with E-state index in [1.807, 2.05) is 0 Å². The van der Waals surface area contributed by atoms with Gasteiger partial charge in [0, 0.05) is 6.42 Å². The molecule has 13 heavy (non-hydrogen) atoms. The molecule has 70 valence electrons. The first kappa shape index (κ1) is 7.85. The Morgan fingerprint density at radius 2 is 2.23 bits per heavy atom. The van der Waals surface area contributed by atoms with Crippen LogP contribution in [0.15, 0.2) is 0 Å². The van der Waals surface area contributed by atoms with E-state index in [0.717, 1.165) is 24.2 Å². The smallest absolute Gasteiger partial charge is 0.0627 e. The van der Waals surface area contributed by atoms with E-state index in [2.05, 4.69) is 6.07 Å². The normalized spacial score (nSPS) is 52.1. The van der Waals surface area contributed by atoms with Gasteiger partial charge in [0.1, 0.15) is 0 Å². The predicted molar refractivity (Wildman–Crippen MR) is 50.8 cm³/mol. The predicted octanol–water partition coefficient (Wildman–Crippen LogP) is 3.12. The number of fused-ring (bicyclic) bond motifs is 5. The minimum atomic E-state index is 0.501. The summed E-state index contributed by atoms with van der Waals surface area (Å²) >= 11 is 0. The average molecular weight is 175 g/mol. The van der Waals surface area contributed by atoms with Gasteiger partial charge in [-0.05, 0) is 55.3 Å². The molecule has 1 nitrogen and oxygen atoms in total. The Balaban J connectivity index is 1.92. The van der Waals surface area contributed by atoms with Crippen LogP contribution < -0.4 is 0 Å². The van der Waals surface area contributed by atoms with Gasteiger partial charge in [-0.3, -0.25) is 0 Å². The van der Waals surface area contributed by atoms with Crippen LogP contribution in [0.2, 0.25) is 0 Å². The minimum absolute atomic E-state index is 0.501. The molecule has 4 atom stereocenters. The molecule has 0 aromatic carbocycles. The molecular weight excluding hydrogens is 158 g/mol. The molecule has 0 saturated heterocycles. The molecule has 3 aliphatic rings. The lowest BCUT2D eigenvalue weighted by atomic mass is 9.70. The van der Waals surface area contributed by atoms with Gasteiger partial charge < -0.3 is 0 Å². The molecule has 0 N–H and O–H groups in total. The molecule has 3 saturated carbocycles. The van der Waals surface area contributed by atoms with Crippen molar-refractivity contribution in [2.75, 3.05) is 0 Å². The van der Waals surface area contributed by atoms with Gasteiger partial charge in [-0.2, -0.15) is 5.26 Å². The third-order valence-electron chi connectivity index (χ3n) is 5.07. The van der Waals surface area contributed by atoms with Gasteiger partial charge in [0.15, 0.2) is 0 Å². The second kappa shape index (κ2) is 2.50. The highest BCUT2D eigenvalue weighted by atomic mass is 14.6. The van der Waals surface area contributed by atoms with Crippen molar-refractivity contribution in [3.8, 4) is 6.07 Å². The molecule has 3 fully saturated rings. The Morgan fingerprint density at radius 3 is 3.08 bits per heavy atom. The van der Waals surface area contributed by atoms with Crippen molar-refractivity contribution in [3.05, 3.63) is 0 Å². The summed E-state index contributed by atoms with van der Waals surface area (Å²) in [6.45, 7) is 0. The Hall–Kier alpha value is -0.510. The lowest BCUT2D eigenvalue weighted by molar-refractivity contribution is 0.157. The summed E-state index contributed by atoms with van der Waals surface area (Å²) in [6.07, 6.45) is 9.40. The van der Waals surface area contributed by atoms with Crippen LogP contribution >= 0.6 is 0 Å². The van der Waals surface area contributed by atoms with Gasteiger partial charge in [0.2, 0.25) is 0 Å². The van der Waals surface area contributed by atoms with Crippen molar-refractivity contribution in [3.63, 3.8) is 0 Å². The zero-order valence-corrected chi connectivity index (χ0v) is 8.13. The summed E-state index contributed by atoms with van der Waals surface area (Å²) in [5.41, 5.74) is 0.501. The number of nitrogens with zero attached hydrogens (tertiary/aromatic N) is 1. The van der Waals surface area contributed by atoms with Gasteiger partial charge in [0.05, 0.1) is 6.07 Å². The van der Waals surface area contributed by atoms with Crippen LogP contribution in [0.25, 0.3) is 0 Å². The van der Waals surface area contributed by atoms with Crippen molar-refractivity contribution in [1.82, 2.24) is 0 Å². The summed E-state index contributed by atoms with van der Waals surface area (Å²) in [5, 5.41) is 8.91. The molecule has 0 aromatic heterocycles. The first-order valence-corrected chi connectivity index (χ1v) is 5.73. The van der Waals surface area contributed by atoms with Crippen LogP contribution in [-0.2, 0) is 0 Å². The molecule has 0 heterocycles. The number of nitriles is 1. The number of hydrogen-bond donors (Lipinski definition) is 0. The first-order chi connectivity index (χ1) is 6.36. The average Bonchev–Trinajstić information content (AvgIpc) is 2.73. The van der Waals surface area contributed by atoms with Crippen LogP contribution in [0.3, 0.4) is 0 Å². The molecule has 0 aromatic rings.